The van der Waals surface area contributed by atoms with Crippen molar-refractivity contribution in [2.45, 2.75) is 45.3 Å². The molecule has 1 saturated carbocycles. The van der Waals surface area contributed by atoms with Gasteiger partial charge in [-0.3, -0.25) is 4.79 Å². The van der Waals surface area contributed by atoms with Gasteiger partial charge in [0.15, 0.2) is 0 Å². The van der Waals surface area contributed by atoms with Crippen molar-refractivity contribution in [2.75, 3.05) is 31.1 Å². The highest BCUT2D eigenvalue weighted by molar-refractivity contribution is 5.85. The fourth-order valence-electron chi connectivity index (χ4n) is 4.44. The number of benzene rings is 1. The minimum Gasteiger partial charge on any atom is -0.368 e. The van der Waals surface area contributed by atoms with E-state index in [2.05, 4.69) is 13.8 Å². The average Bonchev–Trinajstić information content (AvgIpc) is 3.04. The van der Waals surface area contributed by atoms with Crippen LogP contribution < -0.4 is 10.6 Å². The lowest BCUT2D eigenvalue weighted by Gasteiger charge is -2.42. The Labute approximate surface area is 182 Å². The zero-order valence-corrected chi connectivity index (χ0v) is 18.4. The number of carbonyl (C=O) groups is 1. The molecule has 1 aromatic rings. The molecule has 0 radical (unpaired) electrons. The number of hydrogen-bond acceptors (Lipinski definition) is 3. The van der Waals surface area contributed by atoms with E-state index in [1.54, 1.807) is 6.07 Å². The van der Waals surface area contributed by atoms with Crippen LogP contribution in [0, 0.1) is 11.3 Å². The average molecular weight is 456 g/mol. The van der Waals surface area contributed by atoms with Crippen LogP contribution in [0.2, 0.25) is 0 Å². The van der Waals surface area contributed by atoms with Crippen LogP contribution in [-0.2, 0) is 11.0 Å². The van der Waals surface area contributed by atoms with Crippen LogP contribution in [0.5, 0.6) is 0 Å². The molecule has 1 amide bonds. The van der Waals surface area contributed by atoms with Gasteiger partial charge < -0.3 is 15.5 Å². The largest absolute Gasteiger partial charge is 0.416 e. The first kappa shape index (κ1) is 25.9. The molecule has 0 spiro atoms. The Balaban J connectivity index is 0.00000210. The zero-order chi connectivity index (χ0) is 19.8. The molecule has 2 fully saturated rings. The molecule has 4 nitrogen and oxygen atoms in total. The van der Waals surface area contributed by atoms with Crippen LogP contribution in [0.4, 0.5) is 18.9 Å². The SMILES string of the molecule is CC(C)[C@]1(C(=O)N2CCN(c3cccc(C(F)(F)F)c3)CC2)CC[C@@H](N)C1.Cl.Cl. The van der Waals surface area contributed by atoms with E-state index in [9.17, 15) is 18.0 Å². The van der Waals surface area contributed by atoms with E-state index in [1.807, 2.05) is 9.80 Å². The molecule has 2 aliphatic rings. The molecule has 166 valence electrons. The maximum Gasteiger partial charge on any atom is 0.416 e. The molecule has 1 heterocycles. The van der Waals surface area contributed by atoms with Crippen molar-refractivity contribution in [1.29, 1.82) is 0 Å². The second-order valence-corrected chi connectivity index (χ2v) is 8.14. The van der Waals surface area contributed by atoms with Crippen LogP contribution in [-0.4, -0.2) is 43.0 Å². The highest BCUT2D eigenvalue weighted by atomic mass is 35.5. The minimum absolute atomic E-state index is 0. The third-order valence-corrected chi connectivity index (χ3v) is 6.22. The van der Waals surface area contributed by atoms with E-state index in [4.69, 9.17) is 5.73 Å². The summed E-state index contributed by atoms with van der Waals surface area (Å²) in [7, 11) is 0. The molecule has 1 aliphatic heterocycles. The van der Waals surface area contributed by atoms with Crippen LogP contribution in [0.3, 0.4) is 0 Å². The van der Waals surface area contributed by atoms with Crippen LogP contribution in [0.1, 0.15) is 38.7 Å². The van der Waals surface area contributed by atoms with E-state index in [-0.39, 0.29) is 42.7 Å². The third kappa shape index (κ3) is 5.30. The predicted molar refractivity (Wildman–Crippen MR) is 114 cm³/mol. The molecule has 0 unspecified atom stereocenters. The lowest BCUT2D eigenvalue weighted by molar-refractivity contribution is -0.145. The molecule has 0 bridgehead atoms. The van der Waals surface area contributed by atoms with Gasteiger partial charge in [-0.15, -0.1) is 24.8 Å². The van der Waals surface area contributed by atoms with Crippen molar-refractivity contribution in [3.8, 4) is 0 Å². The monoisotopic (exact) mass is 455 g/mol. The van der Waals surface area contributed by atoms with Gasteiger partial charge in [0.1, 0.15) is 0 Å². The predicted octanol–water partition coefficient (Wildman–Crippen LogP) is 4.35. The van der Waals surface area contributed by atoms with Crippen molar-refractivity contribution in [3.63, 3.8) is 0 Å². The Hall–Kier alpha value is -1.18. The molecule has 1 saturated heterocycles. The van der Waals surface area contributed by atoms with E-state index >= 15 is 0 Å². The second-order valence-electron chi connectivity index (χ2n) is 8.14. The van der Waals surface area contributed by atoms with Gasteiger partial charge in [-0.05, 0) is 43.4 Å². The Kier molecular flexibility index (Phi) is 8.69. The number of nitrogens with two attached hydrogens (primary N) is 1. The third-order valence-electron chi connectivity index (χ3n) is 6.22. The van der Waals surface area contributed by atoms with Crippen molar-refractivity contribution >= 4 is 36.4 Å². The number of rotatable bonds is 3. The Morgan fingerprint density at radius 3 is 2.28 bits per heavy atom. The fraction of sp³-hybridized carbons (Fsp3) is 0.650. The summed E-state index contributed by atoms with van der Waals surface area (Å²) in [6.07, 6.45) is -1.94. The standard InChI is InChI=1S/C20H28F3N3O.2ClH/c1-14(2)19(7-6-16(24)13-19)18(27)26-10-8-25(9-11-26)17-5-3-4-15(12-17)20(21,22)23;;/h3-5,12,14,16H,6-11,13,24H2,1-2H3;2*1H/t16-,19+;;/m1../s1. The Morgan fingerprint density at radius 2 is 1.79 bits per heavy atom. The van der Waals surface area contributed by atoms with Crippen molar-refractivity contribution in [2.24, 2.45) is 17.1 Å². The number of amides is 1. The number of nitrogens with zero attached hydrogens (tertiary/aromatic N) is 2. The summed E-state index contributed by atoms with van der Waals surface area (Å²) >= 11 is 0. The van der Waals surface area contributed by atoms with Crippen LogP contribution in [0.15, 0.2) is 24.3 Å². The van der Waals surface area contributed by atoms with Gasteiger partial charge in [-0.1, -0.05) is 19.9 Å². The number of anilines is 1. The molecule has 3 rings (SSSR count). The summed E-state index contributed by atoms with van der Waals surface area (Å²) in [4.78, 5) is 17.0. The summed E-state index contributed by atoms with van der Waals surface area (Å²) < 4.78 is 38.8. The lowest BCUT2D eigenvalue weighted by Crippen LogP contribution is -2.54. The summed E-state index contributed by atoms with van der Waals surface area (Å²) in [5, 5.41) is 0. The van der Waals surface area contributed by atoms with E-state index in [0.717, 1.165) is 25.3 Å². The Bertz CT molecular complexity index is 694. The Morgan fingerprint density at radius 1 is 1.17 bits per heavy atom. The first-order valence-electron chi connectivity index (χ1n) is 9.60. The number of halogens is 5. The molecule has 0 aromatic heterocycles. The van der Waals surface area contributed by atoms with Crippen LogP contribution in [0.25, 0.3) is 0 Å². The second kappa shape index (κ2) is 9.75. The zero-order valence-electron chi connectivity index (χ0n) is 16.7. The fourth-order valence-corrected chi connectivity index (χ4v) is 4.44. The molecule has 1 aliphatic carbocycles. The quantitative estimate of drug-likeness (QED) is 0.736. The van der Waals surface area contributed by atoms with Gasteiger partial charge in [0.25, 0.3) is 0 Å². The van der Waals surface area contributed by atoms with Gasteiger partial charge in [0, 0.05) is 37.9 Å². The summed E-state index contributed by atoms with van der Waals surface area (Å²) in [5.74, 6) is 0.384. The molecule has 1 aromatic carbocycles. The maximum absolute atomic E-state index is 13.2. The van der Waals surface area contributed by atoms with Crippen molar-refractivity contribution in [1.82, 2.24) is 4.90 Å². The van der Waals surface area contributed by atoms with E-state index in [1.165, 1.54) is 12.1 Å². The summed E-state index contributed by atoms with van der Waals surface area (Å²) in [5.41, 5.74) is 5.61. The highest BCUT2D eigenvalue weighted by Crippen LogP contribution is 2.45. The topological polar surface area (TPSA) is 49.6 Å². The maximum atomic E-state index is 13.2. The number of carbonyl (C=O) groups excluding carboxylic acids is 1. The van der Waals surface area contributed by atoms with Gasteiger partial charge >= 0.3 is 6.18 Å². The highest BCUT2D eigenvalue weighted by Gasteiger charge is 2.48. The van der Waals surface area contributed by atoms with Crippen molar-refractivity contribution < 1.29 is 18.0 Å². The smallest absolute Gasteiger partial charge is 0.368 e. The molecule has 2 N–H and O–H groups in total. The van der Waals surface area contributed by atoms with Gasteiger partial charge in [0.2, 0.25) is 5.91 Å². The molecular weight excluding hydrogens is 426 g/mol. The van der Waals surface area contributed by atoms with Gasteiger partial charge in [-0.25, -0.2) is 0 Å². The number of alkyl halides is 3. The first-order chi connectivity index (χ1) is 12.6. The normalized spacial score (nSPS) is 24.9. The molecular formula is C20H30Cl2F3N3O. The van der Waals surface area contributed by atoms with E-state index < -0.39 is 17.2 Å². The van der Waals surface area contributed by atoms with Gasteiger partial charge in [-0.2, -0.15) is 13.2 Å². The van der Waals surface area contributed by atoms with Crippen molar-refractivity contribution in [3.05, 3.63) is 29.8 Å². The molecule has 29 heavy (non-hydrogen) atoms. The number of piperazine rings is 1. The molecule has 9 heteroatoms. The minimum atomic E-state index is -4.35. The lowest BCUT2D eigenvalue weighted by atomic mass is 9.74. The molecule has 2 atom stereocenters. The van der Waals surface area contributed by atoms with E-state index in [0.29, 0.717) is 31.9 Å². The summed E-state index contributed by atoms with van der Waals surface area (Å²) in [6.45, 7) is 6.28. The summed E-state index contributed by atoms with van der Waals surface area (Å²) in [6, 6.07) is 5.46. The number of hydrogen-bond donors (Lipinski definition) is 1. The van der Waals surface area contributed by atoms with Crippen LogP contribution >= 0.6 is 24.8 Å². The first-order valence-corrected chi connectivity index (χ1v) is 9.60. The van der Waals surface area contributed by atoms with Gasteiger partial charge in [0.05, 0.1) is 11.0 Å².